The molecule has 0 saturated carbocycles. The minimum atomic E-state index is -0.479. The van der Waals surface area contributed by atoms with Gasteiger partial charge in [-0.15, -0.1) is 0 Å². The fraction of sp³-hybridized carbons (Fsp3) is 0.0769. The fourth-order valence-electron chi connectivity index (χ4n) is 11.3. The molecule has 0 unspecified atom stereocenters. The van der Waals surface area contributed by atoms with Crippen molar-refractivity contribution in [2.75, 3.05) is 6.54 Å². The molecular formula is C65H49N. The van der Waals surface area contributed by atoms with Crippen LogP contribution in [-0.4, -0.2) is 6.54 Å². The molecule has 10 aromatic rings. The molecule has 0 amide bonds. The van der Waals surface area contributed by atoms with Gasteiger partial charge in [0.15, 0.2) is 0 Å². The summed E-state index contributed by atoms with van der Waals surface area (Å²) in [6.07, 6.45) is 6.64. The first-order chi connectivity index (χ1) is 32.7. The number of nitrogens with one attached hydrogen (secondary N) is 1. The zero-order valence-electron chi connectivity index (χ0n) is 37.1. The quantitative estimate of drug-likeness (QED) is 0.164. The van der Waals surface area contributed by atoms with E-state index in [4.69, 9.17) is 0 Å². The lowest BCUT2D eigenvalue weighted by atomic mass is 9.67. The number of fused-ring (bicyclic) bond motifs is 9. The molecule has 1 heterocycles. The highest BCUT2D eigenvalue weighted by Gasteiger charge is 2.46. The summed E-state index contributed by atoms with van der Waals surface area (Å²) in [6, 6.07) is 83.4. The number of hydrogen-bond donors (Lipinski definition) is 1. The first-order valence-corrected chi connectivity index (χ1v) is 23.4. The molecule has 0 aromatic heterocycles. The van der Waals surface area contributed by atoms with E-state index in [-0.39, 0.29) is 0 Å². The summed E-state index contributed by atoms with van der Waals surface area (Å²) in [7, 11) is 0. The van der Waals surface area contributed by atoms with Crippen LogP contribution in [0, 0.1) is 0 Å². The molecule has 1 N–H and O–H groups in total. The highest BCUT2D eigenvalue weighted by molar-refractivity contribution is 6.28. The van der Waals surface area contributed by atoms with E-state index in [0.29, 0.717) is 6.54 Å². The lowest BCUT2D eigenvalue weighted by Crippen LogP contribution is -2.28. The molecule has 314 valence electrons. The third-order valence-electron chi connectivity index (χ3n) is 14.3. The van der Waals surface area contributed by atoms with Crippen LogP contribution in [0.5, 0.6) is 0 Å². The maximum absolute atomic E-state index is 3.96. The Morgan fingerprint density at radius 3 is 1.68 bits per heavy atom. The Morgan fingerprint density at radius 2 is 0.955 bits per heavy atom. The number of hydrogen-bond acceptors (Lipinski definition) is 1. The van der Waals surface area contributed by atoms with Crippen molar-refractivity contribution in [3.63, 3.8) is 0 Å². The first-order valence-electron chi connectivity index (χ1n) is 23.4. The molecule has 0 fully saturated rings. The lowest BCUT2D eigenvalue weighted by Gasteiger charge is -2.34. The van der Waals surface area contributed by atoms with E-state index in [2.05, 4.69) is 249 Å². The van der Waals surface area contributed by atoms with Crippen molar-refractivity contribution in [3.05, 3.63) is 281 Å². The zero-order chi connectivity index (χ0) is 44.0. The fourth-order valence-corrected chi connectivity index (χ4v) is 11.3. The summed E-state index contributed by atoms with van der Waals surface area (Å²) in [5.74, 6) is 0. The number of benzene rings is 10. The van der Waals surface area contributed by atoms with E-state index in [1.54, 1.807) is 0 Å². The van der Waals surface area contributed by atoms with Crippen LogP contribution in [-0.2, 0) is 5.41 Å². The van der Waals surface area contributed by atoms with E-state index in [0.717, 1.165) is 12.8 Å². The number of rotatable bonds is 6. The molecule has 2 aliphatic rings. The Balaban J connectivity index is 1.06. The highest BCUT2D eigenvalue weighted by Crippen LogP contribution is 2.57. The molecule has 10 aromatic carbocycles. The van der Waals surface area contributed by atoms with Crippen molar-refractivity contribution in [1.29, 1.82) is 0 Å². The second-order valence-corrected chi connectivity index (χ2v) is 17.9. The van der Waals surface area contributed by atoms with Gasteiger partial charge in [0.25, 0.3) is 0 Å². The van der Waals surface area contributed by atoms with Gasteiger partial charge < -0.3 is 5.32 Å². The molecule has 66 heavy (non-hydrogen) atoms. The highest BCUT2D eigenvalue weighted by atomic mass is 14.9. The van der Waals surface area contributed by atoms with Crippen molar-refractivity contribution >= 4 is 49.2 Å². The molecule has 1 aliphatic heterocycles. The summed E-state index contributed by atoms with van der Waals surface area (Å²) in [4.78, 5) is 0. The van der Waals surface area contributed by atoms with Gasteiger partial charge in [-0.25, -0.2) is 0 Å². The van der Waals surface area contributed by atoms with Gasteiger partial charge in [0, 0.05) is 12.2 Å². The minimum Gasteiger partial charge on any atom is -0.381 e. The molecule has 12 rings (SSSR count). The maximum atomic E-state index is 3.96. The maximum Gasteiger partial charge on any atom is 0.0713 e. The molecule has 1 heteroatoms. The zero-order valence-corrected chi connectivity index (χ0v) is 37.1. The first kappa shape index (κ1) is 39.6. The Bertz CT molecular complexity index is 3520. The van der Waals surface area contributed by atoms with E-state index in [9.17, 15) is 0 Å². The number of allylic oxidation sites excluding steroid dienone is 4. The van der Waals surface area contributed by atoms with Crippen molar-refractivity contribution in [1.82, 2.24) is 5.32 Å². The van der Waals surface area contributed by atoms with Crippen LogP contribution in [0.4, 0.5) is 0 Å². The predicted molar refractivity (Wildman–Crippen MR) is 280 cm³/mol. The van der Waals surface area contributed by atoms with Crippen molar-refractivity contribution in [2.45, 2.75) is 25.2 Å². The van der Waals surface area contributed by atoms with Gasteiger partial charge in [-0.1, -0.05) is 224 Å². The van der Waals surface area contributed by atoms with Crippen molar-refractivity contribution < 1.29 is 0 Å². The normalized spacial score (nSPS) is 17.3. The van der Waals surface area contributed by atoms with Gasteiger partial charge in [0.1, 0.15) is 0 Å². The average molecular weight is 844 g/mol. The second kappa shape index (κ2) is 16.5. The summed E-state index contributed by atoms with van der Waals surface area (Å²) in [5.41, 5.74) is 18.6. The van der Waals surface area contributed by atoms with Crippen molar-refractivity contribution in [3.8, 4) is 22.3 Å². The molecular weight excluding hydrogens is 795 g/mol. The monoisotopic (exact) mass is 843 g/mol. The van der Waals surface area contributed by atoms with E-state index >= 15 is 0 Å². The minimum absolute atomic E-state index is 0.479. The Labute approximate surface area is 387 Å². The van der Waals surface area contributed by atoms with Crippen molar-refractivity contribution in [2.24, 2.45) is 0 Å². The second-order valence-electron chi connectivity index (χ2n) is 17.9. The Hall–Kier alpha value is -8.00. The smallest absolute Gasteiger partial charge is 0.0713 e. The summed E-state index contributed by atoms with van der Waals surface area (Å²) >= 11 is 0. The van der Waals surface area contributed by atoms with E-state index in [1.165, 1.54) is 116 Å². The molecule has 0 bridgehead atoms. The van der Waals surface area contributed by atoms with E-state index in [1.807, 2.05) is 0 Å². The molecule has 1 aliphatic carbocycles. The summed E-state index contributed by atoms with van der Waals surface area (Å²) in [6.45, 7) is 3.02. The summed E-state index contributed by atoms with van der Waals surface area (Å²) in [5, 5.41) is 11.6. The van der Waals surface area contributed by atoms with Crippen LogP contribution >= 0.6 is 0 Å². The molecule has 1 nitrogen and oxygen atoms in total. The van der Waals surface area contributed by atoms with Gasteiger partial charge in [-0.05, 0) is 142 Å². The van der Waals surface area contributed by atoms with Gasteiger partial charge >= 0.3 is 0 Å². The van der Waals surface area contributed by atoms with Crippen LogP contribution in [0.1, 0.15) is 58.7 Å². The molecule has 0 saturated heterocycles. The third kappa shape index (κ3) is 6.54. The SMILES string of the molecule is C/C1=C(/c2ccc3c4ccccc4c4cccc(-c5ccc6c(c5)C(c5ccccc5)(c5ccccc5)c5ccccc5-6)c4c3c2)NC/C=C(c2ccccc2)\C=C(\c2ccccc2)CC1. The summed E-state index contributed by atoms with van der Waals surface area (Å²) < 4.78 is 0. The standard InChI is InChI=1S/C65H49N/c1-44-33-34-47(45-19-6-2-7-20-45)41-48(46-21-8-3-9-22-46)39-40-66-64(44)50-36-37-56-54-27-14-15-28-55(54)59-31-18-30-53(63(59)60(56)42-50)49-35-38-58-57-29-16-17-32-61(57)65(62(58)43-49,51-23-10-4-11-24-51)52-25-12-5-13-26-52/h2-32,35-39,41-43,66H,33-34,40H2,1H3/b47-41+,48-39+,64-44+. The lowest BCUT2D eigenvalue weighted by molar-refractivity contribution is 0.769. The largest absolute Gasteiger partial charge is 0.381 e. The molecule has 0 spiro atoms. The topological polar surface area (TPSA) is 12.0 Å². The predicted octanol–water partition coefficient (Wildman–Crippen LogP) is 16.5. The van der Waals surface area contributed by atoms with Crippen LogP contribution in [0.25, 0.3) is 71.4 Å². The third-order valence-corrected chi connectivity index (χ3v) is 14.3. The van der Waals surface area contributed by atoms with Crippen LogP contribution in [0.3, 0.4) is 0 Å². The molecule has 0 radical (unpaired) electrons. The van der Waals surface area contributed by atoms with E-state index < -0.39 is 5.41 Å². The van der Waals surface area contributed by atoms with Gasteiger partial charge in [0.05, 0.1) is 5.41 Å². The molecule has 0 atom stereocenters. The van der Waals surface area contributed by atoms with Crippen LogP contribution < -0.4 is 5.32 Å². The van der Waals surface area contributed by atoms with Gasteiger partial charge in [-0.3, -0.25) is 0 Å². The van der Waals surface area contributed by atoms with Gasteiger partial charge in [-0.2, -0.15) is 0 Å². The van der Waals surface area contributed by atoms with Crippen LogP contribution in [0.2, 0.25) is 0 Å². The van der Waals surface area contributed by atoms with Gasteiger partial charge in [0.2, 0.25) is 0 Å². The Morgan fingerprint density at radius 1 is 0.394 bits per heavy atom. The average Bonchev–Trinajstić information content (AvgIpc) is 3.69. The Kier molecular flexibility index (Phi) is 9.91. The van der Waals surface area contributed by atoms with Crippen LogP contribution in [0.15, 0.2) is 242 Å².